The van der Waals surface area contributed by atoms with Crippen molar-refractivity contribution in [1.82, 2.24) is 9.80 Å². The molecule has 1 aromatic carbocycles. The van der Waals surface area contributed by atoms with Crippen molar-refractivity contribution < 1.29 is 50.9 Å². The number of likely N-dealkylation sites (tertiary alicyclic amines) is 1. The van der Waals surface area contributed by atoms with Gasteiger partial charge in [-0.1, -0.05) is 0 Å². The Balaban J connectivity index is 2.11. The third kappa shape index (κ3) is 7.71. The Hall–Kier alpha value is -2.51. The monoisotopic (exact) mass is 608 g/mol. The first kappa shape index (κ1) is 34.0. The summed E-state index contributed by atoms with van der Waals surface area (Å²) in [6, 6.07) is 0.515. The number of carbonyl (C=O) groups excluding carboxylic acids is 2. The van der Waals surface area contributed by atoms with Crippen LogP contribution in [0.25, 0.3) is 0 Å². The number of benzene rings is 1. The highest BCUT2D eigenvalue weighted by Crippen LogP contribution is 2.48. The maximum Gasteiger partial charge on any atom is 0.419 e. The van der Waals surface area contributed by atoms with Crippen LogP contribution in [0.2, 0.25) is 0 Å². The number of aliphatic hydroxyl groups is 1. The summed E-state index contributed by atoms with van der Waals surface area (Å²) in [5, 5.41) is 10.1. The summed E-state index contributed by atoms with van der Waals surface area (Å²) in [6.07, 6.45) is -8.24. The van der Waals surface area contributed by atoms with Crippen LogP contribution in [0.5, 0.6) is 0 Å². The number of hydrogen-bond donors (Lipinski definition) is 1. The van der Waals surface area contributed by atoms with E-state index in [9.17, 15) is 36.6 Å². The van der Waals surface area contributed by atoms with E-state index in [2.05, 4.69) is 0 Å². The molecule has 2 aliphatic heterocycles. The first-order chi connectivity index (χ1) is 18.9. The Morgan fingerprint density at radius 1 is 1.07 bits per heavy atom. The Kier molecular flexibility index (Phi) is 9.33. The lowest BCUT2D eigenvalue weighted by molar-refractivity contribution is -0.274. The van der Waals surface area contributed by atoms with Crippen molar-refractivity contribution in [1.29, 1.82) is 0 Å². The molecule has 42 heavy (non-hydrogen) atoms. The van der Waals surface area contributed by atoms with Crippen LogP contribution >= 0.6 is 0 Å². The largest absolute Gasteiger partial charge is 0.444 e. The zero-order chi connectivity index (χ0) is 32.1. The molecule has 1 aromatic rings. The Morgan fingerprint density at radius 2 is 1.64 bits per heavy atom. The fraction of sp³-hybridized carbons (Fsp3) is 0.724. The molecule has 2 amide bonds. The Morgan fingerprint density at radius 3 is 2.12 bits per heavy atom. The van der Waals surface area contributed by atoms with E-state index < -0.39 is 90.1 Å². The second kappa shape index (κ2) is 11.5. The number of nitrogens with zero attached hydrogens (tertiary/aromatic N) is 2. The van der Waals surface area contributed by atoms with Gasteiger partial charge < -0.3 is 24.2 Å². The summed E-state index contributed by atoms with van der Waals surface area (Å²) in [5.41, 5.74) is -6.38. The molecule has 0 aromatic heterocycles. The van der Waals surface area contributed by atoms with Gasteiger partial charge in [0.25, 0.3) is 0 Å². The molecule has 1 N–H and O–H groups in total. The average Bonchev–Trinajstić information content (AvgIpc) is 3.26. The number of carbonyl (C=O) groups is 2. The van der Waals surface area contributed by atoms with Crippen LogP contribution in [0.3, 0.4) is 0 Å². The van der Waals surface area contributed by atoms with Gasteiger partial charge in [0, 0.05) is 19.4 Å². The van der Waals surface area contributed by atoms with Gasteiger partial charge in [-0.2, -0.15) is 13.2 Å². The van der Waals surface area contributed by atoms with Crippen molar-refractivity contribution in [2.45, 2.75) is 122 Å². The predicted octanol–water partition coefficient (Wildman–Crippen LogP) is 5.35. The maximum atomic E-state index is 14.8. The topological polar surface area (TPSA) is 88.5 Å². The van der Waals surface area contributed by atoms with Crippen molar-refractivity contribution in [3.05, 3.63) is 35.4 Å². The van der Waals surface area contributed by atoms with E-state index in [1.807, 2.05) is 0 Å². The molecule has 0 spiro atoms. The number of alkyl halides is 3. The highest BCUT2D eigenvalue weighted by atomic mass is 19.4. The first-order valence-electron chi connectivity index (χ1n) is 13.8. The number of hydrogen-bond acceptors (Lipinski definition) is 6. The van der Waals surface area contributed by atoms with E-state index in [1.165, 1.54) is 25.7 Å². The van der Waals surface area contributed by atoms with E-state index in [4.69, 9.17) is 14.2 Å². The van der Waals surface area contributed by atoms with Crippen LogP contribution in [0.15, 0.2) is 18.2 Å². The van der Waals surface area contributed by atoms with Crippen molar-refractivity contribution in [2.24, 2.45) is 0 Å². The lowest BCUT2D eigenvalue weighted by Crippen LogP contribution is -2.52. The van der Waals surface area contributed by atoms with Gasteiger partial charge in [0.2, 0.25) is 5.91 Å². The summed E-state index contributed by atoms with van der Waals surface area (Å²) in [7, 11) is 0. The molecular weight excluding hydrogens is 567 g/mol. The molecule has 0 saturated carbocycles. The van der Waals surface area contributed by atoms with Gasteiger partial charge in [-0.15, -0.1) is 0 Å². The van der Waals surface area contributed by atoms with Crippen LogP contribution < -0.4 is 0 Å². The number of ether oxygens (including phenoxy) is 3. The van der Waals surface area contributed by atoms with E-state index in [0.29, 0.717) is 6.07 Å². The number of amides is 2. The summed E-state index contributed by atoms with van der Waals surface area (Å²) >= 11 is 0. The molecular formula is C29H41F5N2O6. The minimum Gasteiger partial charge on any atom is -0.444 e. The zero-order valence-corrected chi connectivity index (χ0v) is 25.3. The summed E-state index contributed by atoms with van der Waals surface area (Å²) in [4.78, 5) is 28.5. The lowest BCUT2D eigenvalue weighted by Gasteiger charge is -2.34. The smallest absolute Gasteiger partial charge is 0.419 e. The van der Waals surface area contributed by atoms with Gasteiger partial charge in [-0.25, -0.2) is 13.6 Å². The second-order valence-electron chi connectivity index (χ2n) is 13.3. The summed E-state index contributed by atoms with van der Waals surface area (Å²) in [5.74, 6) is -2.20. The zero-order valence-electron chi connectivity index (χ0n) is 25.3. The fourth-order valence-electron chi connectivity index (χ4n) is 5.75. The molecule has 2 fully saturated rings. The van der Waals surface area contributed by atoms with Crippen LogP contribution in [0.4, 0.5) is 26.7 Å². The number of halogens is 5. The average molecular weight is 609 g/mol. The molecule has 13 heteroatoms. The summed E-state index contributed by atoms with van der Waals surface area (Å²) < 4.78 is 89.8. The molecule has 8 nitrogen and oxygen atoms in total. The van der Waals surface area contributed by atoms with Crippen LogP contribution in [-0.4, -0.2) is 87.0 Å². The molecule has 2 aliphatic rings. The molecule has 238 valence electrons. The minimum absolute atomic E-state index is 0.110. The minimum atomic E-state index is -4.95. The molecule has 0 bridgehead atoms. The SMILES string of the molecule is CC(=O)N1[C@@H](Cc2cc(F)cc(F)c2)[C@@H]([C@H]2C[C@](OCCC(C)(C)O)(C(F)(F)F)CN2C(=O)OC(C)(C)C)OC1(C)C. The van der Waals surface area contributed by atoms with E-state index >= 15 is 0 Å². The van der Waals surface area contributed by atoms with Crippen LogP contribution in [0, 0.1) is 11.6 Å². The molecule has 2 heterocycles. The van der Waals surface area contributed by atoms with Gasteiger partial charge in [-0.3, -0.25) is 9.69 Å². The lowest BCUT2D eigenvalue weighted by atomic mass is 9.90. The highest BCUT2D eigenvalue weighted by Gasteiger charge is 2.66. The molecule has 0 aliphatic carbocycles. The van der Waals surface area contributed by atoms with Crippen molar-refractivity contribution >= 4 is 12.0 Å². The predicted molar refractivity (Wildman–Crippen MR) is 142 cm³/mol. The molecule has 2 saturated heterocycles. The van der Waals surface area contributed by atoms with E-state index in [1.54, 1.807) is 34.6 Å². The van der Waals surface area contributed by atoms with Gasteiger partial charge >= 0.3 is 12.3 Å². The third-order valence-corrected chi connectivity index (χ3v) is 7.40. The van der Waals surface area contributed by atoms with E-state index in [0.717, 1.165) is 17.0 Å². The standard InChI is InChI=1S/C29H41F5N2O6/c1-17(37)36-21(13-18-11-19(30)14-20(31)12-18)23(41-27(36,7)8)22-15-28(29(32,33)34,40-10-9-26(5,6)39)16-35(22)24(38)42-25(2,3)4/h11-12,14,21-23,39H,9-10,13,15-16H2,1-8H3/t21-,22+,23-,28+/m0/s1. The van der Waals surface area contributed by atoms with Crippen LogP contribution in [0.1, 0.15) is 73.8 Å². The third-order valence-electron chi connectivity index (χ3n) is 7.40. The first-order valence-corrected chi connectivity index (χ1v) is 13.8. The quantitative estimate of drug-likeness (QED) is 0.420. The Bertz CT molecular complexity index is 1140. The molecule has 0 radical (unpaired) electrons. The van der Waals surface area contributed by atoms with Crippen molar-refractivity contribution in [2.75, 3.05) is 13.2 Å². The van der Waals surface area contributed by atoms with E-state index in [-0.39, 0.29) is 18.4 Å². The number of rotatable bonds is 7. The molecule has 0 unspecified atom stereocenters. The highest BCUT2D eigenvalue weighted by molar-refractivity contribution is 5.75. The van der Waals surface area contributed by atoms with Gasteiger partial charge in [-0.05, 0) is 79.0 Å². The Labute approximate surface area is 243 Å². The normalized spacial score (nSPS) is 26.6. The molecule has 3 rings (SSSR count). The van der Waals surface area contributed by atoms with Crippen molar-refractivity contribution in [3.63, 3.8) is 0 Å². The van der Waals surface area contributed by atoms with Crippen molar-refractivity contribution in [3.8, 4) is 0 Å². The van der Waals surface area contributed by atoms with Gasteiger partial charge in [0.15, 0.2) is 5.60 Å². The van der Waals surface area contributed by atoms with Crippen LogP contribution in [-0.2, 0) is 25.4 Å². The molecule has 4 atom stereocenters. The van der Waals surface area contributed by atoms with Gasteiger partial charge in [0.1, 0.15) is 29.1 Å². The maximum absolute atomic E-state index is 14.8. The fourth-order valence-corrected chi connectivity index (χ4v) is 5.75. The second-order valence-corrected chi connectivity index (χ2v) is 13.3. The van der Waals surface area contributed by atoms with Gasteiger partial charge in [0.05, 0.1) is 30.8 Å². The summed E-state index contributed by atoms with van der Waals surface area (Å²) in [6.45, 7) is 10.6.